The van der Waals surface area contributed by atoms with Crippen molar-refractivity contribution in [1.82, 2.24) is 14.7 Å². The van der Waals surface area contributed by atoms with Crippen LogP contribution in [0.4, 0.5) is 31.1 Å². The number of amides is 1. The maximum absolute atomic E-state index is 13.6. The number of amidine groups is 1. The summed E-state index contributed by atoms with van der Waals surface area (Å²) < 4.78 is 86.5. The van der Waals surface area contributed by atoms with Crippen molar-refractivity contribution in [2.45, 2.75) is 31.4 Å². The molecule has 40 heavy (non-hydrogen) atoms. The molecule has 0 bridgehead atoms. The molecule has 2 aliphatic rings. The summed E-state index contributed by atoms with van der Waals surface area (Å²) in [6, 6.07) is 6.72. The van der Waals surface area contributed by atoms with Crippen LogP contribution in [0.3, 0.4) is 0 Å². The molecule has 1 atom stereocenters. The van der Waals surface area contributed by atoms with E-state index in [-0.39, 0.29) is 42.7 Å². The summed E-state index contributed by atoms with van der Waals surface area (Å²) in [6.45, 7) is 0.929. The van der Waals surface area contributed by atoms with Gasteiger partial charge in [0, 0.05) is 24.7 Å². The molecule has 3 heterocycles. The van der Waals surface area contributed by atoms with E-state index in [1.165, 1.54) is 10.9 Å². The monoisotopic (exact) mass is 584 g/mol. The number of alkyl halides is 6. The molecule has 0 radical (unpaired) electrons. The molecular weight excluding hydrogens is 562 g/mol. The molecule has 1 saturated heterocycles. The first-order valence-electron chi connectivity index (χ1n) is 12.2. The summed E-state index contributed by atoms with van der Waals surface area (Å²) in [5, 5.41) is 13.5. The Balaban J connectivity index is 1.37. The summed E-state index contributed by atoms with van der Waals surface area (Å²) in [5.74, 6) is 0.530. The molecule has 1 unspecified atom stereocenters. The predicted molar refractivity (Wildman–Crippen MR) is 137 cm³/mol. The van der Waals surface area contributed by atoms with Gasteiger partial charge in [0.2, 0.25) is 0 Å². The van der Waals surface area contributed by atoms with Crippen molar-refractivity contribution < 1.29 is 41.0 Å². The molecule has 0 spiro atoms. The van der Waals surface area contributed by atoms with E-state index in [1.54, 1.807) is 24.3 Å². The minimum atomic E-state index is -4.97. The number of aliphatic hydroxyl groups is 1. The Hall–Kier alpha value is -3.36. The van der Waals surface area contributed by atoms with Crippen LogP contribution in [0.1, 0.15) is 28.7 Å². The first-order valence-corrected chi connectivity index (χ1v) is 13.0. The standard InChI is InChI=1S/C26H22F6N4O3S/c27-25(28,29)18-3-2-16(20(11-18)26(30,31)32)12-36-13-17-9-15(1-4-21(17)34-36)10-22-23(33-24(38)40-22)35-6-5-19(14-35)39-8-7-37/h1-4,9-11,13,19,37H,5-8,12,14H2/b22-10-. The third-order valence-electron chi connectivity index (χ3n) is 6.45. The number of aliphatic hydroxyl groups excluding tert-OH is 1. The van der Waals surface area contributed by atoms with Gasteiger partial charge in [-0.3, -0.25) is 9.48 Å². The van der Waals surface area contributed by atoms with Crippen LogP contribution in [-0.2, 0) is 23.6 Å². The van der Waals surface area contributed by atoms with Gasteiger partial charge < -0.3 is 14.7 Å². The minimum absolute atomic E-state index is 0.0795. The number of carbonyl (C=O) groups is 1. The quantitative estimate of drug-likeness (QED) is 0.369. The number of aromatic nitrogens is 2. The van der Waals surface area contributed by atoms with Gasteiger partial charge in [0.25, 0.3) is 0 Å². The van der Waals surface area contributed by atoms with Crippen LogP contribution >= 0.6 is 11.8 Å². The Kier molecular flexibility index (Phi) is 7.68. The lowest BCUT2D eigenvalue weighted by atomic mass is 10.0. The van der Waals surface area contributed by atoms with E-state index in [9.17, 15) is 31.1 Å². The molecule has 1 fully saturated rings. The van der Waals surface area contributed by atoms with E-state index in [1.807, 2.05) is 4.90 Å². The number of carbonyl (C=O) groups excluding carboxylic acids is 1. The van der Waals surface area contributed by atoms with Crippen molar-refractivity contribution in [3.05, 3.63) is 69.8 Å². The average Bonchev–Trinajstić information content (AvgIpc) is 3.59. The topological polar surface area (TPSA) is 80.0 Å². The van der Waals surface area contributed by atoms with Crippen LogP contribution in [0.2, 0.25) is 0 Å². The van der Waals surface area contributed by atoms with Crippen LogP contribution in [0.15, 0.2) is 52.5 Å². The normalized spacial score (nSPS) is 19.3. The largest absolute Gasteiger partial charge is 0.416 e. The highest BCUT2D eigenvalue weighted by molar-refractivity contribution is 8.18. The number of hydrogen-bond acceptors (Lipinski definition) is 6. The van der Waals surface area contributed by atoms with E-state index in [2.05, 4.69) is 10.1 Å². The summed E-state index contributed by atoms with van der Waals surface area (Å²) in [6.07, 6.45) is -5.93. The fourth-order valence-electron chi connectivity index (χ4n) is 4.65. The molecule has 1 N–H and O–H groups in total. The fourth-order valence-corrected chi connectivity index (χ4v) is 5.43. The number of fused-ring (bicyclic) bond motifs is 1. The third kappa shape index (κ3) is 6.18. The molecular formula is C26H22F6N4O3S. The summed E-state index contributed by atoms with van der Waals surface area (Å²) in [5.41, 5.74) is -1.90. The zero-order chi connectivity index (χ0) is 28.7. The zero-order valence-corrected chi connectivity index (χ0v) is 21.5. The van der Waals surface area contributed by atoms with Crippen LogP contribution in [0.5, 0.6) is 0 Å². The lowest BCUT2D eigenvalue weighted by molar-refractivity contribution is -0.143. The molecule has 1 aromatic heterocycles. The van der Waals surface area contributed by atoms with Gasteiger partial charge in [-0.2, -0.15) is 36.4 Å². The summed E-state index contributed by atoms with van der Waals surface area (Å²) in [4.78, 5) is 18.8. The highest BCUT2D eigenvalue weighted by Crippen LogP contribution is 2.38. The molecule has 7 nitrogen and oxygen atoms in total. The Morgan fingerprint density at radius 2 is 1.90 bits per heavy atom. The Bertz CT molecular complexity index is 1500. The highest BCUT2D eigenvalue weighted by atomic mass is 32.2. The Morgan fingerprint density at radius 1 is 1.10 bits per heavy atom. The van der Waals surface area contributed by atoms with Crippen molar-refractivity contribution in [2.75, 3.05) is 26.3 Å². The SMILES string of the molecule is O=C1N=C(N2CCC(OCCO)C2)/C(=C/c2ccc3nn(Cc4ccc(C(F)(F)F)cc4C(F)(F)F)cc3c2)S1. The molecule has 212 valence electrons. The van der Waals surface area contributed by atoms with E-state index in [0.717, 1.165) is 24.2 Å². The van der Waals surface area contributed by atoms with Crippen molar-refractivity contribution >= 4 is 39.8 Å². The predicted octanol–water partition coefficient (Wildman–Crippen LogP) is 5.81. The van der Waals surface area contributed by atoms with Crippen LogP contribution in [0, 0.1) is 0 Å². The van der Waals surface area contributed by atoms with Crippen LogP contribution < -0.4 is 0 Å². The van der Waals surface area contributed by atoms with Gasteiger partial charge in [0.1, 0.15) is 5.84 Å². The average molecular weight is 585 g/mol. The van der Waals surface area contributed by atoms with Crippen molar-refractivity contribution in [3.8, 4) is 0 Å². The number of nitrogens with zero attached hydrogens (tertiary/aromatic N) is 4. The minimum Gasteiger partial charge on any atom is -0.394 e. The van der Waals surface area contributed by atoms with Crippen molar-refractivity contribution in [3.63, 3.8) is 0 Å². The van der Waals surface area contributed by atoms with Gasteiger partial charge >= 0.3 is 17.6 Å². The third-order valence-corrected chi connectivity index (χ3v) is 7.24. The second kappa shape index (κ2) is 10.9. The number of halogens is 6. The maximum atomic E-state index is 13.6. The zero-order valence-electron chi connectivity index (χ0n) is 20.7. The molecule has 2 aliphatic heterocycles. The first kappa shape index (κ1) is 28.2. The molecule has 0 aliphatic carbocycles. The van der Waals surface area contributed by atoms with Gasteiger partial charge in [0.05, 0.1) is 47.4 Å². The fraction of sp³-hybridized carbons (Fsp3) is 0.346. The van der Waals surface area contributed by atoms with E-state index in [4.69, 9.17) is 9.84 Å². The molecule has 5 rings (SSSR count). The van der Waals surface area contributed by atoms with E-state index >= 15 is 0 Å². The first-order chi connectivity index (χ1) is 18.9. The number of hydrogen-bond donors (Lipinski definition) is 1. The molecule has 0 saturated carbocycles. The lowest BCUT2D eigenvalue weighted by Gasteiger charge is -2.18. The van der Waals surface area contributed by atoms with Crippen molar-refractivity contribution in [2.24, 2.45) is 4.99 Å². The van der Waals surface area contributed by atoms with Crippen molar-refractivity contribution in [1.29, 1.82) is 0 Å². The number of benzene rings is 2. The lowest BCUT2D eigenvalue weighted by Crippen LogP contribution is -2.30. The molecule has 14 heteroatoms. The second-order valence-electron chi connectivity index (χ2n) is 9.28. The second-order valence-corrected chi connectivity index (χ2v) is 10.3. The Labute approximate surface area is 228 Å². The number of aliphatic imine (C=N–C) groups is 1. The maximum Gasteiger partial charge on any atom is 0.416 e. The van der Waals surface area contributed by atoms with E-state index < -0.39 is 23.5 Å². The molecule has 3 aromatic rings. The summed E-state index contributed by atoms with van der Waals surface area (Å²) in [7, 11) is 0. The van der Waals surface area contributed by atoms with Gasteiger partial charge in [-0.05, 0) is 59.7 Å². The van der Waals surface area contributed by atoms with E-state index in [0.29, 0.717) is 46.4 Å². The smallest absolute Gasteiger partial charge is 0.394 e. The number of thioether (sulfide) groups is 1. The summed E-state index contributed by atoms with van der Waals surface area (Å²) >= 11 is 0.982. The number of rotatable bonds is 6. The molecule has 2 aromatic carbocycles. The van der Waals surface area contributed by atoms with Gasteiger partial charge in [-0.25, -0.2) is 0 Å². The number of ether oxygens (including phenoxy) is 1. The Morgan fingerprint density at radius 3 is 2.62 bits per heavy atom. The highest BCUT2D eigenvalue weighted by Gasteiger charge is 2.38. The van der Waals surface area contributed by atoms with Crippen LogP contribution in [-0.4, -0.2) is 63.3 Å². The number of likely N-dealkylation sites (tertiary alicyclic amines) is 1. The van der Waals surface area contributed by atoms with Gasteiger partial charge in [-0.15, -0.1) is 0 Å². The van der Waals surface area contributed by atoms with Crippen LogP contribution in [0.25, 0.3) is 17.0 Å². The van der Waals surface area contributed by atoms with Gasteiger partial charge in [0.15, 0.2) is 0 Å². The molecule has 1 amide bonds. The van der Waals surface area contributed by atoms with Gasteiger partial charge in [-0.1, -0.05) is 12.1 Å².